The molecule has 2 fully saturated rings. The molecule has 2 N–H and O–H groups in total. The number of hydrogen-bond acceptors (Lipinski definition) is 3. The second-order valence-corrected chi connectivity index (χ2v) is 6.26. The van der Waals surface area contributed by atoms with Crippen LogP contribution < -0.4 is 10.6 Å². The van der Waals surface area contributed by atoms with Gasteiger partial charge in [-0.05, 0) is 38.0 Å². The molecule has 1 saturated carbocycles. The molecule has 88 valence electrons. The molecule has 0 radical (unpaired) electrons. The van der Waals surface area contributed by atoms with E-state index in [1.807, 2.05) is 0 Å². The first-order chi connectivity index (χ1) is 7.40. The normalized spacial score (nSPS) is 37.0. The summed E-state index contributed by atoms with van der Waals surface area (Å²) in [5, 5.41) is 8.24. The topological polar surface area (TPSA) is 24.1 Å². The van der Waals surface area contributed by atoms with E-state index in [1.165, 1.54) is 50.9 Å². The van der Waals surface area contributed by atoms with Crippen LogP contribution in [-0.4, -0.2) is 36.2 Å². The molecule has 3 heteroatoms. The molecule has 3 unspecified atom stereocenters. The lowest BCUT2D eigenvalue weighted by Crippen LogP contribution is -2.49. The predicted octanol–water partition coefficient (Wildman–Crippen LogP) is 2.00. The summed E-state index contributed by atoms with van der Waals surface area (Å²) in [7, 11) is 0. The molecule has 15 heavy (non-hydrogen) atoms. The highest BCUT2D eigenvalue weighted by Crippen LogP contribution is 2.30. The zero-order valence-corrected chi connectivity index (χ0v) is 10.6. The molecular formula is C12H24N2S. The molecule has 0 aromatic carbocycles. The molecule has 0 bridgehead atoms. The van der Waals surface area contributed by atoms with Gasteiger partial charge in [0.25, 0.3) is 0 Å². The second kappa shape index (κ2) is 6.12. The molecule has 2 rings (SSSR count). The van der Waals surface area contributed by atoms with Gasteiger partial charge in [-0.15, -0.1) is 0 Å². The van der Waals surface area contributed by atoms with Gasteiger partial charge in [0.1, 0.15) is 0 Å². The van der Waals surface area contributed by atoms with Crippen molar-refractivity contribution in [2.45, 2.75) is 56.4 Å². The van der Waals surface area contributed by atoms with Crippen molar-refractivity contribution in [2.75, 3.05) is 18.8 Å². The zero-order valence-electron chi connectivity index (χ0n) is 9.80. The summed E-state index contributed by atoms with van der Waals surface area (Å²) in [4.78, 5) is 0. The molecule has 0 aromatic rings. The van der Waals surface area contributed by atoms with Crippen LogP contribution in [0.2, 0.25) is 0 Å². The molecular weight excluding hydrogens is 204 g/mol. The summed E-state index contributed by atoms with van der Waals surface area (Å²) in [5.41, 5.74) is 0. The number of rotatable bonds is 4. The SMILES string of the molecule is CCSC1CCCC1NC1CCCNC1. The van der Waals surface area contributed by atoms with Crippen molar-refractivity contribution in [2.24, 2.45) is 0 Å². The largest absolute Gasteiger partial charge is 0.315 e. The highest BCUT2D eigenvalue weighted by molar-refractivity contribution is 7.99. The first kappa shape index (κ1) is 11.7. The molecule has 3 atom stereocenters. The summed E-state index contributed by atoms with van der Waals surface area (Å²) < 4.78 is 0. The summed E-state index contributed by atoms with van der Waals surface area (Å²) >= 11 is 2.15. The second-order valence-electron chi connectivity index (χ2n) is 4.74. The van der Waals surface area contributed by atoms with E-state index >= 15 is 0 Å². The van der Waals surface area contributed by atoms with E-state index in [2.05, 4.69) is 29.3 Å². The summed E-state index contributed by atoms with van der Waals surface area (Å²) in [6.07, 6.45) is 6.96. The van der Waals surface area contributed by atoms with E-state index in [4.69, 9.17) is 0 Å². The average Bonchev–Trinajstić information content (AvgIpc) is 2.68. The fourth-order valence-corrected chi connectivity index (χ4v) is 4.04. The van der Waals surface area contributed by atoms with Crippen molar-refractivity contribution in [1.82, 2.24) is 10.6 Å². The highest BCUT2D eigenvalue weighted by Gasteiger charge is 2.29. The van der Waals surface area contributed by atoms with Crippen molar-refractivity contribution in [1.29, 1.82) is 0 Å². The van der Waals surface area contributed by atoms with Gasteiger partial charge in [-0.2, -0.15) is 11.8 Å². The molecule has 1 aliphatic carbocycles. The average molecular weight is 228 g/mol. The third-order valence-corrected chi connectivity index (χ3v) is 4.91. The van der Waals surface area contributed by atoms with Gasteiger partial charge in [0.15, 0.2) is 0 Å². The Morgan fingerprint density at radius 1 is 1.27 bits per heavy atom. The van der Waals surface area contributed by atoms with Crippen LogP contribution in [0.15, 0.2) is 0 Å². The van der Waals surface area contributed by atoms with Crippen LogP contribution in [0.3, 0.4) is 0 Å². The van der Waals surface area contributed by atoms with E-state index in [1.54, 1.807) is 0 Å². The van der Waals surface area contributed by atoms with E-state index in [0.717, 1.165) is 17.3 Å². The number of piperidine rings is 1. The van der Waals surface area contributed by atoms with Gasteiger partial charge in [0.05, 0.1) is 0 Å². The molecule has 0 spiro atoms. The van der Waals surface area contributed by atoms with Gasteiger partial charge < -0.3 is 10.6 Å². The fraction of sp³-hybridized carbons (Fsp3) is 1.00. The van der Waals surface area contributed by atoms with Crippen molar-refractivity contribution in [3.8, 4) is 0 Å². The maximum atomic E-state index is 3.87. The van der Waals surface area contributed by atoms with Gasteiger partial charge in [0.2, 0.25) is 0 Å². The van der Waals surface area contributed by atoms with Crippen molar-refractivity contribution >= 4 is 11.8 Å². The number of thioether (sulfide) groups is 1. The van der Waals surface area contributed by atoms with Gasteiger partial charge in [-0.1, -0.05) is 13.3 Å². The Kier molecular flexibility index (Phi) is 4.79. The third-order valence-electron chi connectivity index (χ3n) is 3.58. The minimum Gasteiger partial charge on any atom is -0.315 e. The van der Waals surface area contributed by atoms with Crippen LogP contribution in [0.5, 0.6) is 0 Å². The molecule has 2 aliphatic rings. The molecule has 0 amide bonds. The minimum absolute atomic E-state index is 0.738. The van der Waals surface area contributed by atoms with Crippen LogP contribution >= 0.6 is 11.8 Å². The lowest BCUT2D eigenvalue weighted by molar-refractivity contribution is 0.354. The lowest BCUT2D eigenvalue weighted by atomic mass is 10.1. The third kappa shape index (κ3) is 3.36. The summed E-state index contributed by atoms with van der Waals surface area (Å²) in [6.45, 7) is 4.68. The Labute approximate surface area is 98.0 Å². The first-order valence-electron chi connectivity index (χ1n) is 6.48. The molecule has 2 nitrogen and oxygen atoms in total. The Bertz CT molecular complexity index is 180. The van der Waals surface area contributed by atoms with Gasteiger partial charge >= 0.3 is 0 Å². The minimum atomic E-state index is 0.738. The van der Waals surface area contributed by atoms with Crippen molar-refractivity contribution in [3.05, 3.63) is 0 Å². The van der Waals surface area contributed by atoms with Gasteiger partial charge in [-0.25, -0.2) is 0 Å². The first-order valence-corrected chi connectivity index (χ1v) is 7.53. The summed E-state index contributed by atoms with van der Waals surface area (Å²) in [5.74, 6) is 1.27. The van der Waals surface area contributed by atoms with Crippen LogP contribution in [0.1, 0.15) is 39.0 Å². The standard InChI is InChI=1S/C12H24N2S/c1-2-15-12-7-3-6-11(12)14-10-5-4-8-13-9-10/h10-14H,2-9H2,1H3. The van der Waals surface area contributed by atoms with Gasteiger partial charge in [0, 0.05) is 23.9 Å². The number of nitrogens with one attached hydrogen (secondary N) is 2. The van der Waals surface area contributed by atoms with Crippen LogP contribution in [0.25, 0.3) is 0 Å². The van der Waals surface area contributed by atoms with E-state index in [-0.39, 0.29) is 0 Å². The lowest BCUT2D eigenvalue weighted by Gasteiger charge is -2.29. The quantitative estimate of drug-likeness (QED) is 0.769. The molecule has 1 heterocycles. The van der Waals surface area contributed by atoms with Crippen molar-refractivity contribution in [3.63, 3.8) is 0 Å². The smallest absolute Gasteiger partial charge is 0.0201 e. The van der Waals surface area contributed by atoms with E-state index in [0.29, 0.717) is 0 Å². The maximum Gasteiger partial charge on any atom is 0.0201 e. The Balaban J connectivity index is 1.76. The van der Waals surface area contributed by atoms with Crippen LogP contribution in [0.4, 0.5) is 0 Å². The van der Waals surface area contributed by atoms with E-state index < -0.39 is 0 Å². The monoisotopic (exact) mass is 228 g/mol. The number of hydrogen-bond donors (Lipinski definition) is 2. The zero-order chi connectivity index (χ0) is 10.5. The Morgan fingerprint density at radius 3 is 2.93 bits per heavy atom. The van der Waals surface area contributed by atoms with Crippen LogP contribution in [0, 0.1) is 0 Å². The van der Waals surface area contributed by atoms with Gasteiger partial charge in [-0.3, -0.25) is 0 Å². The predicted molar refractivity (Wildman–Crippen MR) is 68.6 cm³/mol. The Hall–Kier alpha value is 0.270. The van der Waals surface area contributed by atoms with E-state index in [9.17, 15) is 0 Å². The molecule has 1 aliphatic heterocycles. The molecule has 0 aromatic heterocycles. The molecule has 1 saturated heterocycles. The Morgan fingerprint density at radius 2 is 2.20 bits per heavy atom. The van der Waals surface area contributed by atoms with Crippen LogP contribution in [-0.2, 0) is 0 Å². The van der Waals surface area contributed by atoms with Crippen molar-refractivity contribution < 1.29 is 0 Å². The highest BCUT2D eigenvalue weighted by atomic mass is 32.2. The summed E-state index contributed by atoms with van der Waals surface area (Å²) in [6, 6.07) is 1.53. The fourth-order valence-electron chi connectivity index (χ4n) is 2.83. The maximum absolute atomic E-state index is 3.87.